The van der Waals surface area contributed by atoms with Gasteiger partial charge in [0.25, 0.3) is 5.91 Å². The Morgan fingerprint density at radius 2 is 1.86 bits per heavy atom. The largest absolute Gasteiger partial charge is 0.484 e. The van der Waals surface area contributed by atoms with E-state index in [1.807, 2.05) is 0 Å². The average molecular weight is 521 g/mol. The fourth-order valence-corrected chi connectivity index (χ4v) is 4.02. The lowest BCUT2D eigenvalue weighted by atomic mass is 9.85. The van der Waals surface area contributed by atoms with Crippen LogP contribution in [0.25, 0.3) is 0 Å². The summed E-state index contributed by atoms with van der Waals surface area (Å²) in [6, 6.07) is 5.90. The second-order valence-electron chi connectivity index (χ2n) is 8.99. The fourth-order valence-electron chi connectivity index (χ4n) is 3.84. The van der Waals surface area contributed by atoms with Crippen LogP contribution in [0.3, 0.4) is 0 Å². The molecule has 2 aromatic rings. The number of hydrogen-bond donors (Lipinski definition) is 3. The minimum Gasteiger partial charge on any atom is -0.484 e. The summed E-state index contributed by atoms with van der Waals surface area (Å²) in [6.45, 7) is 4.66. The molecule has 0 bridgehead atoms. The summed E-state index contributed by atoms with van der Waals surface area (Å²) in [5.41, 5.74) is 5.43. The van der Waals surface area contributed by atoms with Crippen LogP contribution < -0.4 is 15.8 Å². The van der Waals surface area contributed by atoms with Crippen molar-refractivity contribution in [2.75, 3.05) is 0 Å². The third kappa shape index (κ3) is 6.00. The van der Waals surface area contributed by atoms with Crippen molar-refractivity contribution in [1.82, 2.24) is 5.32 Å². The van der Waals surface area contributed by atoms with Crippen molar-refractivity contribution in [2.24, 2.45) is 5.73 Å². The number of nitrogens with two attached hydrogens (primary N) is 1. The molecule has 11 heteroatoms. The molecule has 4 N–H and O–H groups in total. The van der Waals surface area contributed by atoms with Gasteiger partial charge in [-0.15, -0.1) is 0 Å². The van der Waals surface area contributed by atoms with Gasteiger partial charge in [-0.25, -0.2) is 4.39 Å². The van der Waals surface area contributed by atoms with Crippen LogP contribution >= 0.6 is 11.6 Å². The number of rotatable bonds is 8. The number of ether oxygens (including phenoxy) is 2. The molecule has 3 rings (SSSR count). The van der Waals surface area contributed by atoms with Gasteiger partial charge in [-0.05, 0) is 63.6 Å². The van der Waals surface area contributed by atoms with Gasteiger partial charge < -0.3 is 25.6 Å². The zero-order chi connectivity index (χ0) is 26.8. The third-order valence-electron chi connectivity index (χ3n) is 5.80. The molecule has 3 atom stereocenters. The monoisotopic (exact) mass is 520 g/mol. The number of esters is 1. The molecule has 0 aromatic heterocycles. The Bertz CT molecular complexity index is 1220. The predicted octanol–water partition coefficient (Wildman–Crippen LogP) is 3.43. The quantitative estimate of drug-likeness (QED) is 0.354. The number of fused-ring (bicyclic) bond motifs is 1. The van der Waals surface area contributed by atoms with Crippen LogP contribution in [0.2, 0.25) is 5.02 Å². The molecule has 36 heavy (non-hydrogen) atoms. The van der Waals surface area contributed by atoms with Crippen molar-refractivity contribution in [3.05, 3.63) is 63.9 Å². The first-order valence-electron chi connectivity index (χ1n) is 11.1. The number of aliphatic carboxylic acids is 1. The summed E-state index contributed by atoms with van der Waals surface area (Å²) in [7, 11) is 0. The van der Waals surface area contributed by atoms with E-state index in [0.717, 1.165) is 12.1 Å². The van der Waals surface area contributed by atoms with Crippen molar-refractivity contribution in [1.29, 1.82) is 0 Å². The van der Waals surface area contributed by atoms with Gasteiger partial charge in [0.1, 0.15) is 23.2 Å². The molecule has 1 aliphatic rings. The molecule has 9 nitrogen and oxygen atoms in total. The van der Waals surface area contributed by atoms with Gasteiger partial charge in [0.15, 0.2) is 11.9 Å². The molecule has 0 aliphatic carbocycles. The van der Waals surface area contributed by atoms with E-state index < -0.39 is 47.5 Å². The Kier molecular flexibility index (Phi) is 8.00. The van der Waals surface area contributed by atoms with Gasteiger partial charge in [0.2, 0.25) is 0 Å². The molecule has 0 unspecified atom stereocenters. The minimum atomic E-state index is -1.23. The predicted molar refractivity (Wildman–Crippen MR) is 127 cm³/mol. The first kappa shape index (κ1) is 27.1. The lowest BCUT2D eigenvalue weighted by molar-refractivity contribution is -0.167. The number of carbonyl (C=O) groups is 4. The van der Waals surface area contributed by atoms with Crippen LogP contribution in [-0.4, -0.2) is 46.5 Å². The number of ketones is 1. The number of carbonyl (C=O) groups excluding carboxylic acids is 3. The van der Waals surface area contributed by atoms with Crippen molar-refractivity contribution >= 4 is 35.2 Å². The van der Waals surface area contributed by atoms with E-state index >= 15 is 0 Å². The second kappa shape index (κ2) is 10.6. The Balaban J connectivity index is 2.01. The van der Waals surface area contributed by atoms with Crippen LogP contribution in [0.5, 0.6) is 5.75 Å². The number of Topliss-reactive ketones (excluding diaryl/α,β-unsaturated/α-hetero) is 1. The molecular weight excluding hydrogens is 495 g/mol. The lowest BCUT2D eigenvalue weighted by Crippen LogP contribution is -2.56. The highest BCUT2D eigenvalue weighted by Crippen LogP contribution is 2.42. The van der Waals surface area contributed by atoms with Crippen LogP contribution in [0.4, 0.5) is 4.39 Å². The highest BCUT2D eigenvalue weighted by Gasteiger charge is 2.48. The van der Waals surface area contributed by atoms with E-state index in [-0.39, 0.29) is 29.2 Å². The number of hydrogen-bond acceptors (Lipinski definition) is 7. The van der Waals surface area contributed by atoms with Crippen molar-refractivity contribution in [3.8, 4) is 5.75 Å². The third-order valence-corrected chi connectivity index (χ3v) is 6.09. The second-order valence-corrected chi connectivity index (χ2v) is 9.40. The average Bonchev–Trinajstić information content (AvgIpc) is 2.80. The maximum absolute atomic E-state index is 13.6. The zero-order valence-corrected chi connectivity index (χ0v) is 20.6. The molecule has 1 heterocycles. The number of halogens is 2. The molecule has 1 amide bonds. The van der Waals surface area contributed by atoms with Crippen LogP contribution in [0.1, 0.15) is 65.9 Å². The molecule has 0 saturated carbocycles. The maximum atomic E-state index is 13.6. The van der Waals surface area contributed by atoms with Crippen molar-refractivity contribution < 1.29 is 38.1 Å². The lowest BCUT2D eigenvalue weighted by Gasteiger charge is -2.44. The number of nitrogens with one attached hydrogen (secondary N) is 1. The van der Waals surface area contributed by atoms with Gasteiger partial charge in [-0.1, -0.05) is 11.6 Å². The van der Waals surface area contributed by atoms with E-state index in [0.29, 0.717) is 16.9 Å². The Morgan fingerprint density at radius 3 is 2.47 bits per heavy atom. The molecule has 0 saturated heterocycles. The molecule has 0 spiro atoms. The van der Waals surface area contributed by atoms with Crippen LogP contribution in [0, 0.1) is 5.82 Å². The summed E-state index contributed by atoms with van der Waals surface area (Å²) < 4.78 is 25.4. The molecule has 0 radical (unpaired) electrons. The first-order chi connectivity index (χ1) is 16.8. The van der Waals surface area contributed by atoms with E-state index in [9.17, 15) is 23.6 Å². The van der Waals surface area contributed by atoms with Gasteiger partial charge in [-0.3, -0.25) is 19.2 Å². The number of amides is 1. The maximum Gasteiger partial charge on any atom is 0.323 e. The highest BCUT2D eigenvalue weighted by atomic mass is 35.5. The van der Waals surface area contributed by atoms with E-state index in [2.05, 4.69) is 5.32 Å². The van der Waals surface area contributed by atoms with Gasteiger partial charge >= 0.3 is 11.9 Å². The molecule has 192 valence electrons. The summed E-state index contributed by atoms with van der Waals surface area (Å²) in [4.78, 5) is 48.8. The smallest absolute Gasteiger partial charge is 0.323 e. The van der Waals surface area contributed by atoms with Crippen molar-refractivity contribution in [3.63, 3.8) is 0 Å². The van der Waals surface area contributed by atoms with E-state index in [1.54, 1.807) is 26.0 Å². The summed E-state index contributed by atoms with van der Waals surface area (Å²) in [6.07, 6.45) is -1.62. The highest BCUT2D eigenvalue weighted by molar-refractivity contribution is 6.31. The summed E-state index contributed by atoms with van der Waals surface area (Å²) in [5, 5.41) is 11.4. The van der Waals surface area contributed by atoms with Crippen LogP contribution in [0.15, 0.2) is 36.4 Å². The minimum absolute atomic E-state index is 0.0539. The van der Waals surface area contributed by atoms with Gasteiger partial charge in [0.05, 0.1) is 11.1 Å². The number of carboxylic acids is 1. The number of benzene rings is 2. The van der Waals surface area contributed by atoms with E-state index in [4.69, 9.17) is 31.9 Å². The molecular formula is C25H26ClFN2O7. The Morgan fingerprint density at radius 1 is 1.19 bits per heavy atom. The summed E-state index contributed by atoms with van der Waals surface area (Å²) >= 11 is 5.83. The van der Waals surface area contributed by atoms with Crippen LogP contribution in [-0.2, 0) is 14.3 Å². The zero-order valence-electron chi connectivity index (χ0n) is 19.8. The number of carboxylic acid groups (broad SMARTS) is 1. The SMILES string of the molecule is CC(=O)c1ccc2c(c1)[C@H](NC(=O)c1ccc(F)c(Cl)c1)[C@H](OC(=O)[C@@H](N)CCC(=O)O)C(C)(C)O2. The standard InChI is InChI=1S/C25H26ClFN2O7/c1-12(30)13-5-8-19-15(10-13)21(29-23(33)14-4-6-17(27)16(26)11-14)22(25(2,3)36-19)35-24(34)18(28)7-9-20(31)32/h4-6,8,10-11,18,21-22H,7,9,28H2,1-3H3,(H,29,33)(H,31,32)/t18-,21-,22-/m0/s1. The molecule has 0 fully saturated rings. The molecule has 2 aromatic carbocycles. The van der Waals surface area contributed by atoms with Gasteiger partial charge in [-0.2, -0.15) is 0 Å². The van der Waals surface area contributed by atoms with Gasteiger partial charge in [0, 0.05) is 23.1 Å². The topological polar surface area (TPSA) is 145 Å². The van der Waals surface area contributed by atoms with E-state index in [1.165, 1.54) is 19.1 Å². The Labute approximate surface area is 211 Å². The Hall–Kier alpha value is -3.50. The normalized spacial score (nSPS) is 18.8. The first-order valence-corrected chi connectivity index (χ1v) is 11.5. The molecule has 1 aliphatic heterocycles. The van der Waals surface area contributed by atoms with Crippen molar-refractivity contribution in [2.45, 2.75) is 57.4 Å². The fraction of sp³-hybridized carbons (Fsp3) is 0.360. The summed E-state index contributed by atoms with van der Waals surface area (Å²) in [5.74, 6) is -3.22.